The molecule has 1 saturated heterocycles. The van der Waals surface area contributed by atoms with Crippen LogP contribution >= 0.6 is 11.8 Å². The monoisotopic (exact) mass is 422 g/mol. The number of thioether (sulfide) groups is 1. The normalized spacial score (nSPS) is 26.7. The van der Waals surface area contributed by atoms with Crippen LogP contribution in [0.3, 0.4) is 0 Å². The summed E-state index contributed by atoms with van der Waals surface area (Å²) in [6.07, 6.45) is 0.375. The Kier molecular flexibility index (Phi) is 4.70. The van der Waals surface area contributed by atoms with Crippen molar-refractivity contribution in [3.05, 3.63) is 41.2 Å². The fourth-order valence-electron chi connectivity index (χ4n) is 4.80. The van der Waals surface area contributed by atoms with E-state index in [1.807, 2.05) is 0 Å². The molecule has 0 spiro atoms. The molecular weight excluding hydrogens is 397 g/mol. The lowest BCUT2D eigenvalue weighted by Gasteiger charge is -2.21. The van der Waals surface area contributed by atoms with E-state index in [1.54, 1.807) is 23.9 Å². The standard InChI is InChI=1S/C21H25F3N4S/c1-27-18(14-3-4-14)25-26-19(27)29-10-2-9-28-12-17-11-20(17,13-28)15-5-7-16(8-6-15)21(22,23)24/h5-8,14,17H,2-4,9-13H2,1H3/t17?,20-/m1/s1. The fraction of sp³-hybridized carbons (Fsp3) is 0.619. The van der Waals surface area contributed by atoms with E-state index in [0.717, 1.165) is 54.8 Å². The van der Waals surface area contributed by atoms with Crippen LogP contribution < -0.4 is 0 Å². The third-order valence-electron chi connectivity index (χ3n) is 6.66. The van der Waals surface area contributed by atoms with Gasteiger partial charge in [0.05, 0.1) is 5.56 Å². The Balaban J connectivity index is 1.11. The summed E-state index contributed by atoms with van der Waals surface area (Å²) in [6.45, 7) is 3.05. The maximum atomic E-state index is 12.8. The van der Waals surface area contributed by atoms with Gasteiger partial charge in [0.2, 0.25) is 0 Å². The predicted octanol–water partition coefficient (Wildman–Crippen LogP) is 4.47. The number of fused-ring (bicyclic) bond motifs is 1. The number of benzene rings is 1. The summed E-state index contributed by atoms with van der Waals surface area (Å²) in [4.78, 5) is 2.47. The van der Waals surface area contributed by atoms with Crippen molar-refractivity contribution in [3.8, 4) is 0 Å². The third kappa shape index (κ3) is 3.69. The number of halogens is 3. The highest BCUT2D eigenvalue weighted by molar-refractivity contribution is 7.99. The van der Waals surface area contributed by atoms with Gasteiger partial charge in [-0.15, -0.1) is 10.2 Å². The van der Waals surface area contributed by atoms with Crippen LogP contribution in [0.2, 0.25) is 0 Å². The van der Waals surface area contributed by atoms with Crippen molar-refractivity contribution < 1.29 is 13.2 Å². The summed E-state index contributed by atoms with van der Waals surface area (Å²) >= 11 is 1.76. The maximum absolute atomic E-state index is 12.8. The van der Waals surface area contributed by atoms with E-state index in [4.69, 9.17) is 0 Å². The van der Waals surface area contributed by atoms with E-state index in [9.17, 15) is 13.2 Å². The van der Waals surface area contributed by atoms with E-state index in [1.165, 1.54) is 25.0 Å². The molecule has 5 rings (SSSR count). The molecule has 4 nitrogen and oxygen atoms in total. The Hall–Kier alpha value is -1.54. The molecule has 2 atom stereocenters. The van der Waals surface area contributed by atoms with Crippen LogP contribution in [-0.4, -0.2) is 45.1 Å². The van der Waals surface area contributed by atoms with E-state index in [-0.39, 0.29) is 5.41 Å². The quantitative estimate of drug-likeness (QED) is 0.487. The summed E-state index contributed by atoms with van der Waals surface area (Å²) in [6, 6.07) is 5.84. The van der Waals surface area contributed by atoms with Crippen LogP contribution in [0.1, 0.15) is 48.6 Å². The molecule has 1 unspecified atom stereocenters. The molecule has 1 aliphatic heterocycles. The third-order valence-corrected chi connectivity index (χ3v) is 7.77. The van der Waals surface area contributed by atoms with E-state index in [2.05, 4.69) is 26.7 Å². The first kappa shape index (κ1) is 19.4. The van der Waals surface area contributed by atoms with Crippen LogP contribution in [0.5, 0.6) is 0 Å². The summed E-state index contributed by atoms with van der Waals surface area (Å²) in [5.74, 6) is 3.32. The van der Waals surface area contributed by atoms with Crippen molar-refractivity contribution in [3.63, 3.8) is 0 Å². The van der Waals surface area contributed by atoms with Crippen molar-refractivity contribution >= 4 is 11.8 Å². The minimum atomic E-state index is -4.26. The molecule has 0 amide bonds. The zero-order valence-corrected chi connectivity index (χ0v) is 17.3. The predicted molar refractivity (Wildman–Crippen MR) is 106 cm³/mol. The molecule has 156 valence electrons. The van der Waals surface area contributed by atoms with Gasteiger partial charge in [0.15, 0.2) is 5.16 Å². The Morgan fingerprint density at radius 1 is 1.17 bits per heavy atom. The topological polar surface area (TPSA) is 34.0 Å². The smallest absolute Gasteiger partial charge is 0.309 e. The first-order valence-corrected chi connectivity index (χ1v) is 11.3. The molecule has 2 heterocycles. The van der Waals surface area contributed by atoms with Crippen molar-refractivity contribution in [2.45, 2.75) is 48.3 Å². The number of alkyl halides is 3. The second-order valence-electron chi connectivity index (χ2n) is 8.74. The summed E-state index contributed by atoms with van der Waals surface area (Å²) < 4.78 is 40.6. The van der Waals surface area contributed by atoms with Gasteiger partial charge < -0.3 is 9.47 Å². The average Bonchev–Trinajstić information content (AvgIpc) is 3.59. The van der Waals surface area contributed by atoms with Gasteiger partial charge in [-0.25, -0.2) is 0 Å². The van der Waals surface area contributed by atoms with Gasteiger partial charge in [0.1, 0.15) is 5.82 Å². The molecule has 3 aliphatic rings. The number of hydrogen-bond acceptors (Lipinski definition) is 4. The second-order valence-corrected chi connectivity index (χ2v) is 9.81. The van der Waals surface area contributed by atoms with Crippen molar-refractivity contribution in [2.24, 2.45) is 13.0 Å². The van der Waals surface area contributed by atoms with E-state index in [0.29, 0.717) is 11.8 Å². The average molecular weight is 423 g/mol. The summed E-state index contributed by atoms with van der Waals surface area (Å²) in [7, 11) is 2.05. The van der Waals surface area contributed by atoms with Crippen LogP contribution in [0, 0.1) is 5.92 Å². The second kappa shape index (κ2) is 7.01. The number of nitrogens with zero attached hydrogens (tertiary/aromatic N) is 4. The van der Waals surface area contributed by atoms with E-state index < -0.39 is 11.7 Å². The molecule has 0 radical (unpaired) electrons. The zero-order chi connectivity index (χ0) is 20.2. The van der Waals surface area contributed by atoms with Crippen molar-refractivity contribution in [2.75, 3.05) is 25.4 Å². The lowest BCUT2D eigenvalue weighted by molar-refractivity contribution is -0.137. The Labute approximate surface area is 172 Å². The Bertz CT molecular complexity index is 890. The largest absolute Gasteiger partial charge is 0.416 e. The highest BCUT2D eigenvalue weighted by Crippen LogP contribution is 2.59. The highest BCUT2D eigenvalue weighted by Gasteiger charge is 2.60. The fourth-order valence-corrected chi connectivity index (χ4v) is 5.64. The zero-order valence-electron chi connectivity index (χ0n) is 16.5. The molecule has 1 aromatic heterocycles. The Morgan fingerprint density at radius 3 is 2.62 bits per heavy atom. The van der Waals surface area contributed by atoms with Gasteiger partial charge in [0, 0.05) is 37.2 Å². The first-order chi connectivity index (χ1) is 13.9. The van der Waals surface area contributed by atoms with Gasteiger partial charge in [-0.05, 0) is 55.8 Å². The molecule has 0 N–H and O–H groups in total. The summed E-state index contributed by atoms with van der Waals surface area (Å²) in [5.41, 5.74) is 0.592. The maximum Gasteiger partial charge on any atom is 0.416 e. The number of likely N-dealkylation sites (tertiary alicyclic amines) is 1. The highest BCUT2D eigenvalue weighted by atomic mass is 32.2. The Morgan fingerprint density at radius 2 is 1.93 bits per heavy atom. The molecule has 2 saturated carbocycles. The summed E-state index contributed by atoms with van der Waals surface area (Å²) in [5, 5.41) is 9.65. The minimum Gasteiger partial charge on any atom is -0.309 e. The number of hydrogen-bond donors (Lipinski definition) is 0. The minimum absolute atomic E-state index is 0.0834. The molecule has 1 aromatic carbocycles. The molecule has 2 aromatic rings. The lowest BCUT2D eigenvalue weighted by Crippen LogP contribution is -2.28. The molecule has 2 aliphatic carbocycles. The first-order valence-electron chi connectivity index (χ1n) is 10.3. The van der Waals surface area contributed by atoms with Gasteiger partial charge >= 0.3 is 6.18 Å². The van der Waals surface area contributed by atoms with Crippen LogP contribution in [-0.2, 0) is 18.6 Å². The number of aromatic nitrogens is 3. The molecular formula is C21H25F3N4S. The number of rotatable bonds is 7. The molecule has 8 heteroatoms. The van der Waals surface area contributed by atoms with Gasteiger partial charge in [0.25, 0.3) is 0 Å². The van der Waals surface area contributed by atoms with E-state index >= 15 is 0 Å². The molecule has 29 heavy (non-hydrogen) atoms. The lowest BCUT2D eigenvalue weighted by atomic mass is 9.94. The molecule has 0 bridgehead atoms. The van der Waals surface area contributed by atoms with Crippen molar-refractivity contribution in [1.82, 2.24) is 19.7 Å². The van der Waals surface area contributed by atoms with Crippen molar-refractivity contribution in [1.29, 1.82) is 0 Å². The van der Waals surface area contributed by atoms with Gasteiger partial charge in [-0.1, -0.05) is 23.9 Å². The SMILES string of the molecule is Cn1c(SCCCN2CC3C[C@]3(c3ccc(C(F)(F)F)cc3)C2)nnc1C1CC1. The van der Waals surface area contributed by atoms with Crippen LogP contribution in [0.25, 0.3) is 0 Å². The van der Waals surface area contributed by atoms with Gasteiger partial charge in [-0.2, -0.15) is 13.2 Å². The van der Waals surface area contributed by atoms with Crippen LogP contribution in [0.4, 0.5) is 13.2 Å². The number of piperidine rings is 1. The van der Waals surface area contributed by atoms with Crippen LogP contribution in [0.15, 0.2) is 29.4 Å². The molecule has 3 fully saturated rings. The van der Waals surface area contributed by atoms with Gasteiger partial charge in [-0.3, -0.25) is 0 Å².